The first-order valence-corrected chi connectivity index (χ1v) is 12.1. The minimum absolute atomic E-state index is 0.115. The largest absolute Gasteiger partial charge is 0.462 e. The number of carbonyl (C=O) groups excluding carboxylic acids is 2. The van der Waals surface area contributed by atoms with Crippen molar-refractivity contribution in [2.24, 2.45) is 0 Å². The number of benzene rings is 2. The zero-order valence-electron chi connectivity index (χ0n) is 19.7. The number of ether oxygens (including phenoxy) is 2. The molecule has 1 aliphatic rings. The van der Waals surface area contributed by atoms with E-state index in [0.29, 0.717) is 40.1 Å². The molecule has 1 fully saturated rings. The van der Waals surface area contributed by atoms with E-state index in [-0.39, 0.29) is 23.5 Å². The van der Waals surface area contributed by atoms with E-state index in [0.717, 1.165) is 38.5 Å². The number of rotatable bonds is 6. The minimum atomic E-state index is -0.484. The third kappa shape index (κ3) is 4.43. The first kappa shape index (κ1) is 22.8. The smallest absolute Gasteiger partial charge is 0.344 e. The molecule has 0 atom stereocenters. The van der Waals surface area contributed by atoms with Gasteiger partial charge in [-0.1, -0.05) is 25.5 Å². The summed E-state index contributed by atoms with van der Waals surface area (Å²) < 4.78 is 12.8. The molecule has 2 aromatic heterocycles. The van der Waals surface area contributed by atoms with Crippen molar-refractivity contribution in [2.45, 2.75) is 51.6 Å². The molecule has 180 valence electrons. The highest BCUT2D eigenvalue weighted by atomic mass is 16.5. The molecule has 0 amide bonds. The Morgan fingerprint density at radius 3 is 2.34 bits per heavy atom. The van der Waals surface area contributed by atoms with E-state index in [2.05, 4.69) is 0 Å². The average Bonchev–Trinajstić information content (AvgIpc) is 3.17. The molecule has 4 aromatic rings. The second kappa shape index (κ2) is 9.74. The van der Waals surface area contributed by atoms with Crippen molar-refractivity contribution >= 4 is 40.0 Å². The van der Waals surface area contributed by atoms with E-state index < -0.39 is 5.97 Å². The predicted molar refractivity (Wildman–Crippen MR) is 134 cm³/mol. The van der Waals surface area contributed by atoms with Gasteiger partial charge in [-0.25, -0.2) is 19.6 Å². The van der Waals surface area contributed by atoms with E-state index >= 15 is 0 Å². The predicted octanol–water partition coefficient (Wildman–Crippen LogP) is 5.21. The number of nitrogens with zero attached hydrogens (tertiary/aromatic N) is 3. The number of anilines is 1. The van der Waals surface area contributed by atoms with Crippen LogP contribution in [0.4, 0.5) is 5.82 Å². The van der Waals surface area contributed by atoms with Crippen molar-refractivity contribution in [1.82, 2.24) is 14.5 Å². The van der Waals surface area contributed by atoms with Crippen LogP contribution in [0.1, 0.15) is 66.2 Å². The summed E-state index contributed by atoms with van der Waals surface area (Å²) in [6, 6.07) is 14.3. The first-order valence-electron chi connectivity index (χ1n) is 12.1. The Labute approximate surface area is 203 Å². The van der Waals surface area contributed by atoms with Crippen LogP contribution < -0.4 is 5.73 Å². The summed E-state index contributed by atoms with van der Waals surface area (Å²) in [7, 11) is 0. The molecule has 0 unspecified atom stereocenters. The van der Waals surface area contributed by atoms with Crippen molar-refractivity contribution in [2.75, 3.05) is 12.3 Å². The van der Waals surface area contributed by atoms with Crippen LogP contribution in [0.2, 0.25) is 0 Å². The highest BCUT2D eigenvalue weighted by Gasteiger charge is 2.28. The first-order chi connectivity index (χ1) is 17.1. The molecule has 0 radical (unpaired) electrons. The number of nitrogens with two attached hydrogens (primary N) is 1. The van der Waals surface area contributed by atoms with Crippen molar-refractivity contribution in [3.8, 4) is 5.69 Å². The molecule has 0 aliphatic heterocycles. The van der Waals surface area contributed by atoms with Crippen LogP contribution in [0.5, 0.6) is 0 Å². The van der Waals surface area contributed by atoms with Crippen molar-refractivity contribution in [1.29, 1.82) is 0 Å². The maximum atomic E-state index is 13.3. The summed E-state index contributed by atoms with van der Waals surface area (Å²) in [6.45, 7) is 2.31. The number of esters is 2. The lowest BCUT2D eigenvalue weighted by atomic mass is 9.98. The minimum Gasteiger partial charge on any atom is -0.462 e. The molecule has 2 heterocycles. The maximum Gasteiger partial charge on any atom is 0.344 e. The Hall–Kier alpha value is -3.94. The molecule has 0 saturated heterocycles. The van der Waals surface area contributed by atoms with Gasteiger partial charge in [0.05, 0.1) is 23.2 Å². The lowest BCUT2D eigenvalue weighted by Crippen LogP contribution is -2.21. The van der Waals surface area contributed by atoms with Gasteiger partial charge in [-0.05, 0) is 68.5 Å². The summed E-state index contributed by atoms with van der Waals surface area (Å²) in [6.07, 6.45) is 5.61. The highest BCUT2D eigenvalue weighted by Crippen LogP contribution is 2.32. The molecule has 8 nitrogen and oxygen atoms in total. The number of para-hydroxylation sites is 2. The van der Waals surface area contributed by atoms with Crippen molar-refractivity contribution < 1.29 is 19.1 Å². The number of fused-ring (bicyclic) bond motifs is 2. The highest BCUT2D eigenvalue weighted by molar-refractivity contribution is 6.09. The van der Waals surface area contributed by atoms with Crippen LogP contribution in [0, 0.1) is 0 Å². The molecule has 1 aliphatic carbocycles. The molecule has 0 bridgehead atoms. The maximum absolute atomic E-state index is 13.3. The number of hydrogen-bond acceptors (Lipinski definition) is 7. The zero-order valence-corrected chi connectivity index (χ0v) is 19.7. The van der Waals surface area contributed by atoms with Gasteiger partial charge in [-0.2, -0.15) is 0 Å². The molecule has 0 spiro atoms. The van der Waals surface area contributed by atoms with E-state index in [9.17, 15) is 9.59 Å². The lowest BCUT2D eigenvalue weighted by molar-refractivity contribution is 0.0214. The van der Waals surface area contributed by atoms with Gasteiger partial charge in [0.15, 0.2) is 5.65 Å². The van der Waals surface area contributed by atoms with Gasteiger partial charge in [-0.3, -0.25) is 4.57 Å². The van der Waals surface area contributed by atoms with E-state index in [1.165, 1.54) is 0 Å². The molecule has 1 saturated carbocycles. The van der Waals surface area contributed by atoms with Crippen LogP contribution in [-0.4, -0.2) is 39.2 Å². The van der Waals surface area contributed by atoms with Crippen LogP contribution in [0.25, 0.3) is 27.9 Å². The molecule has 35 heavy (non-hydrogen) atoms. The van der Waals surface area contributed by atoms with Gasteiger partial charge < -0.3 is 15.2 Å². The quantitative estimate of drug-likeness (QED) is 0.384. The van der Waals surface area contributed by atoms with Crippen LogP contribution in [0.3, 0.4) is 0 Å². The van der Waals surface area contributed by atoms with Gasteiger partial charge in [-0.15, -0.1) is 0 Å². The van der Waals surface area contributed by atoms with E-state index in [1.807, 2.05) is 31.2 Å². The zero-order chi connectivity index (χ0) is 24.4. The average molecular weight is 473 g/mol. The molecule has 2 aromatic carbocycles. The third-order valence-electron chi connectivity index (χ3n) is 6.33. The fraction of sp³-hybridized carbons (Fsp3) is 0.333. The number of carbonyl (C=O) groups is 2. The second-order valence-corrected chi connectivity index (χ2v) is 8.83. The van der Waals surface area contributed by atoms with Gasteiger partial charge in [0.1, 0.15) is 23.0 Å². The normalized spacial score (nSPS) is 14.3. The summed E-state index contributed by atoms with van der Waals surface area (Å²) in [5.41, 5.74) is 10.1. The van der Waals surface area contributed by atoms with Gasteiger partial charge >= 0.3 is 11.9 Å². The number of aromatic nitrogens is 3. The van der Waals surface area contributed by atoms with E-state index in [4.69, 9.17) is 25.2 Å². The van der Waals surface area contributed by atoms with Gasteiger partial charge in [0.2, 0.25) is 0 Å². The van der Waals surface area contributed by atoms with Crippen LogP contribution in [-0.2, 0) is 9.47 Å². The fourth-order valence-electron chi connectivity index (χ4n) is 4.54. The summed E-state index contributed by atoms with van der Waals surface area (Å²) in [5, 5.41) is 0. The van der Waals surface area contributed by atoms with Gasteiger partial charge in [0, 0.05) is 5.69 Å². The molecule has 2 N–H and O–H groups in total. The standard InChI is InChI=1S/C27H28N4O4/c1-2-16-34-26(32)17-12-14-18(15-13-17)31-24(28)22(27(33)35-19-8-4-3-5-9-19)23-25(31)30-21-11-7-6-10-20(21)29-23/h6-7,10-15,19H,2-5,8-9,16,28H2,1H3. The third-order valence-corrected chi connectivity index (χ3v) is 6.33. The Balaban J connectivity index is 1.60. The fourth-order valence-corrected chi connectivity index (χ4v) is 4.54. The summed E-state index contributed by atoms with van der Waals surface area (Å²) in [5.74, 6) is -0.661. The number of hydrogen-bond donors (Lipinski definition) is 1. The molecular formula is C27H28N4O4. The molecule has 8 heteroatoms. The number of nitrogen functional groups attached to an aromatic ring is 1. The van der Waals surface area contributed by atoms with Crippen molar-refractivity contribution in [3.05, 3.63) is 59.7 Å². The lowest BCUT2D eigenvalue weighted by Gasteiger charge is -2.21. The summed E-state index contributed by atoms with van der Waals surface area (Å²) in [4.78, 5) is 35.1. The Morgan fingerprint density at radius 1 is 0.971 bits per heavy atom. The Bertz CT molecular complexity index is 1390. The Morgan fingerprint density at radius 2 is 1.66 bits per heavy atom. The van der Waals surface area contributed by atoms with E-state index in [1.54, 1.807) is 28.8 Å². The Kier molecular flexibility index (Phi) is 6.35. The topological polar surface area (TPSA) is 109 Å². The van der Waals surface area contributed by atoms with Crippen LogP contribution >= 0.6 is 0 Å². The second-order valence-electron chi connectivity index (χ2n) is 8.83. The SMILES string of the molecule is CCCOC(=O)c1ccc(-n2c(N)c(C(=O)OC3CCCCC3)c3nc4ccccc4nc32)cc1. The summed E-state index contributed by atoms with van der Waals surface area (Å²) >= 11 is 0. The van der Waals surface area contributed by atoms with Gasteiger partial charge in [0.25, 0.3) is 0 Å². The van der Waals surface area contributed by atoms with Crippen molar-refractivity contribution in [3.63, 3.8) is 0 Å². The molecular weight excluding hydrogens is 444 g/mol. The molecule has 5 rings (SSSR count). The van der Waals surface area contributed by atoms with Crippen LogP contribution in [0.15, 0.2) is 48.5 Å². The monoisotopic (exact) mass is 472 g/mol.